The van der Waals surface area contributed by atoms with Crippen LogP contribution < -0.4 is 4.74 Å². The molecule has 0 amide bonds. The van der Waals surface area contributed by atoms with Gasteiger partial charge in [-0.3, -0.25) is 0 Å². The van der Waals surface area contributed by atoms with Crippen LogP contribution in [0.25, 0.3) is 0 Å². The Morgan fingerprint density at radius 2 is 2.07 bits per heavy atom. The quantitative estimate of drug-likeness (QED) is 0.823. The first-order valence-corrected chi connectivity index (χ1v) is 5.43. The van der Waals surface area contributed by atoms with Crippen molar-refractivity contribution in [3.8, 4) is 5.75 Å². The second-order valence-electron chi connectivity index (χ2n) is 4.60. The van der Waals surface area contributed by atoms with Crippen LogP contribution in [0.4, 0.5) is 0 Å². The lowest BCUT2D eigenvalue weighted by atomic mass is 9.88. The lowest BCUT2D eigenvalue weighted by Crippen LogP contribution is -2.24. The number of ether oxygens (including phenoxy) is 1. The Morgan fingerprint density at radius 1 is 1.40 bits per heavy atom. The molecule has 1 fully saturated rings. The molecule has 82 valence electrons. The van der Waals surface area contributed by atoms with Crippen LogP contribution in [0.15, 0.2) is 18.2 Å². The van der Waals surface area contributed by atoms with Crippen LogP contribution in [0.2, 0.25) is 0 Å². The first-order valence-electron chi connectivity index (χ1n) is 5.43. The molecule has 0 aromatic heterocycles. The second-order valence-corrected chi connectivity index (χ2v) is 4.60. The molecule has 1 atom stereocenters. The molecule has 0 bridgehead atoms. The van der Waals surface area contributed by atoms with E-state index in [0.29, 0.717) is 5.92 Å². The maximum Gasteiger partial charge on any atom is 0.119 e. The van der Waals surface area contributed by atoms with E-state index in [1.165, 1.54) is 0 Å². The van der Waals surface area contributed by atoms with Gasteiger partial charge >= 0.3 is 0 Å². The van der Waals surface area contributed by atoms with E-state index >= 15 is 0 Å². The first kappa shape index (κ1) is 10.5. The summed E-state index contributed by atoms with van der Waals surface area (Å²) in [6.45, 7) is 3.94. The van der Waals surface area contributed by atoms with Crippen molar-refractivity contribution in [1.29, 1.82) is 0 Å². The molecule has 2 rings (SSSR count). The molecule has 0 saturated heterocycles. The van der Waals surface area contributed by atoms with E-state index in [9.17, 15) is 5.11 Å². The highest BCUT2D eigenvalue weighted by Crippen LogP contribution is 2.46. The summed E-state index contributed by atoms with van der Waals surface area (Å²) in [5.41, 5.74) is 1.47. The third-order valence-corrected chi connectivity index (χ3v) is 3.35. The zero-order chi connectivity index (χ0) is 11.1. The molecule has 1 aromatic carbocycles. The van der Waals surface area contributed by atoms with Gasteiger partial charge in [-0.15, -0.1) is 0 Å². The van der Waals surface area contributed by atoms with Crippen LogP contribution in [0.3, 0.4) is 0 Å². The van der Waals surface area contributed by atoms with Gasteiger partial charge < -0.3 is 9.84 Å². The summed E-state index contributed by atoms with van der Waals surface area (Å²) in [5.74, 6) is 1.28. The molecule has 1 aliphatic rings. The molecule has 1 aromatic rings. The first-order chi connectivity index (χ1) is 7.05. The molecule has 0 spiro atoms. The minimum Gasteiger partial charge on any atom is -0.497 e. The van der Waals surface area contributed by atoms with Crippen molar-refractivity contribution in [1.82, 2.24) is 0 Å². The fourth-order valence-electron chi connectivity index (χ4n) is 2.20. The summed E-state index contributed by atoms with van der Waals surface area (Å²) >= 11 is 0. The summed E-state index contributed by atoms with van der Waals surface area (Å²) < 4.78 is 5.16. The maximum atomic E-state index is 10.4. The molecule has 1 aliphatic carbocycles. The minimum atomic E-state index is -0.670. The van der Waals surface area contributed by atoms with Crippen molar-refractivity contribution in [2.45, 2.75) is 32.3 Å². The van der Waals surface area contributed by atoms with Crippen molar-refractivity contribution < 1.29 is 9.84 Å². The van der Waals surface area contributed by atoms with Gasteiger partial charge in [-0.1, -0.05) is 6.07 Å². The number of hydrogen-bond donors (Lipinski definition) is 1. The molecule has 2 heteroatoms. The molecular weight excluding hydrogens is 188 g/mol. The fourth-order valence-corrected chi connectivity index (χ4v) is 2.20. The number of aryl methyl sites for hydroxylation is 1. The number of hydrogen-bond acceptors (Lipinski definition) is 2. The number of methoxy groups -OCH3 is 1. The van der Waals surface area contributed by atoms with E-state index in [-0.39, 0.29) is 0 Å². The van der Waals surface area contributed by atoms with E-state index in [1.54, 1.807) is 7.11 Å². The van der Waals surface area contributed by atoms with Gasteiger partial charge in [-0.2, -0.15) is 0 Å². The highest BCUT2D eigenvalue weighted by molar-refractivity contribution is 5.38. The second kappa shape index (κ2) is 3.53. The standard InChI is InChI=1S/C13H18O2/c1-9-8-11(15-3)6-7-12(9)13(2,14)10-4-5-10/h6-8,10,14H,4-5H2,1-3H3/t13-/m1/s1. The van der Waals surface area contributed by atoms with Crippen LogP contribution in [-0.2, 0) is 5.60 Å². The Balaban J connectivity index is 2.35. The predicted octanol–water partition coefficient (Wildman–Crippen LogP) is 2.62. The minimum absolute atomic E-state index is 0.435. The van der Waals surface area contributed by atoms with E-state index < -0.39 is 5.60 Å². The van der Waals surface area contributed by atoms with Crippen molar-refractivity contribution in [2.24, 2.45) is 5.92 Å². The van der Waals surface area contributed by atoms with Crippen LogP contribution in [0.1, 0.15) is 30.9 Å². The van der Waals surface area contributed by atoms with Gasteiger partial charge in [0, 0.05) is 0 Å². The van der Waals surface area contributed by atoms with E-state index in [4.69, 9.17) is 4.74 Å². The zero-order valence-corrected chi connectivity index (χ0v) is 9.58. The zero-order valence-electron chi connectivity index (χ0n) is 9.58. The van der Waals surface area contributed by atoms with Gasteiger partial charge in [0.2, 0.25) is 0 Å². The van der Waals surface area contributed by atoms with Gasteiger partial charge in [0.15, 0.2) is 0 Å². The average Bonchev–Trinajstić information content (AvgIpc) is 3.00. The summed E-state index contributed by atoms with van der Waals surface area (Å²) in [7, 11) is 1.66. The van der Waals surface area contributed by atoms with Crippen molar-refractivity contribution >= 4 is 0 Å². The Morgan fingerprint density at radius 3 is 2.53 bits per heavy atom. The fraction of sp³-hybridized carbons (Fsp3) is 0.538. The van der Waals surface area contributed by atoms with E-state index in [0.717, 1.165) is 29.7 Å². The largest absolute Gasteiger partial charge is 0.497 e. The molecule has 0 unspecified atom stereocenters. The molecule has 2 nitrogen and oxygen atoms in total. The Kier molecular flexibility index (Phi) is 2.47. The molecular formula is C13H18O2. The number of benzene rings is 1. The van der Waals surface area contributed by atoms with Crippen LogP contribution in [0, 0.1) is 12.8 Å². The molecule has 0 radical (unpaired) electrons. The van der Waals surface area contributed by atoms with Crippen LogP contribution in [-0.4, -0.2) is 12.2 Å². The number of aliphatic hydroxyl groups is 1. The Hall–Kier alpha value is -1.02. The van der Waals surface area contributed by atoms with Crippen molar-refractivity contribution in [3.63, 3.8) is 0 Å². The normalized spacial score (nSPS) is 19.7. The van der Waals surface area contributed by atoms with Crippen LogP contribution in [0.5, 0.6) is 5.75 Å². The molecule has 0 heterocycles. The highest BCUT2D eigenvalue weighted by Gasteiger charge is 2.41. The Labute approximate surface area is 90.9 Å². The number of rotatable bonds is 3. The molecule has 1 saturated carbocycles. The lowest BCUT2D eigenvalue weighted by molar-refractivity contribution is 0.0324. The topological polar surface area (TPSA) is 29.5 Å². The van der Waals surface area contributed by atoms with Gasteiger partial charge in [-0.25, -0.2) is 0 Å². The molecule has 15 heavy (non-hydrogen) atoms. The van der Waals surface area contributed by atoms with E-state index in [2.05, 4.69) is 0 Å². The predicted molar refractivity (Wildman–Crippen MR) is 60.0 cm³/mol. The third kappa shape index (κ3) is 1.86. The lowest BCUT2D eigenvalue weighted by Gasteiger charge is -2.25. The summed E-state index contributed by atoms with van der Waals surface area (Å²) in [6, 6.07) is 5.87. The SMILES string of the molecule is COc1ccc([C@](C)(O)C2CC2)c(C)c1. The van der Waals surface area contributed by atoms with Crippen molar-refractivity contribution in [3.05, 3.63) is 29.3 Å². The van der Waals surface area contributed by atoms with Crippen LogP contribution >= 0.6 is 0 Å². The monoisotopic (exact) mass is 206 g/mol. The van der Waals surface area contributed by atoms with Gasteiger partial charge in [0.25, 0.3) is 0 Å². The third-order valence-electron chi connectivity index (χ3n) is 3.35. The average molecular weight is 206 g/mol. The molecule has 1 N–H and O–H groups in total. The highest BCUT2D eigenvalue weighted by atomic mass is 16.5. The van der Waals surface area contributed by atoms with Crippen molar-refractivity contribution in [2.75, 3.05) is 7.11 Å². The van der Waals surface area contributed by atoms with E-state index in [1.807, 2.05) is 32.0 Å². The Bertz CT molecular complexity index is 365. The summed E-state index contributed by atoms with van der Waals surface area (Å²) in [6.07, 6.45) is 2.27. The van der Waals surface area contributed by atoms with Gasteiger partial charge in [0.1, 0.15) is 5.75 Å². The van der Waals surface area contributed by atoms with Gasteiger partial charge in [0.05, 0.1) is 12.7 Å². The summed E-state index contributed by atoms with van der Waals surface area (Å²) in [4.78, 5) is 0. The van der Waals surface area contributed by atoms with Gasteiger partial charge in [-0.05, 0) is 55.9 Å². The summed E-state index contributed by atoms with van der Waals surface area (Å²) in [5, 5.41) is 10.4. The molecule has 0 aliphatic heterocycles. The maximum absolute atomic E-state index is 10.4. The smallest absolute Gasteiger partial charge is 0.119 e.